The highest BCUT2D eigenvalue weighted by Gasteiger charge is 2.17. The minimum Gasteiger partial charge on any atom is -0.338 e. The van der Waals surface area contributed by atoms with Crippen molar-refractivity contribution in [2.45, 2.75) is 27.2 Å². The fraction of sp³-hybridized carbons (Fsp3) is 0.172. The summed E-state index contributed by atoms with van der Waals surface area (Å²) in [4.78, 5) is 24.8. The van der Waals surface area contributed by atoms with Gasteiger partial charge in [0.2, 0.25) is 5.91 Å². The second-order valence-corrected chi connectivity index (χ2v) is 11.2. The summed E-state index contributed by atoms with van der Waals surface area (Å²) >= 11 is 1.68. The number of nitrogens with zero attached hydrogens (tertiary/aromatic N) is 3. The summed E-state index contributed by atoms with van der Waals surface area (Å²) < 4.78 is 0. The number of aromatic amines is 2. The Morgan fingerprint density at radius 3 is 2.70 bits per heavy atom. The van der Waals surface area contributed by atoms with Gasteiger partial charge >= 0.3 is 0 Å². The zero-order chi connectivity index (χ0) is 25.6. The first-order valence-electron chi connectivity index (χ1n) is 12.1. The summed E-state index contributed by atoms with van der Waals surface area (Å²) in [6, 6.07) is 14.4. The number of hydrogen-bond donors (Lipinski definition) is 3. The van der Waals surface area contributed by atoms with Gasteiger partial charge in [0, 0.05) is 35.2 Å². The molecular weight excluding hydrogens is 480 g/mol. The molecule has 0 unspecified atom stereocenters. The van der Waals surface area contributed by atoms with Gasteiger partial charge in [-0.2, -0.15) is 16.4 Å². The van der Waals surface area contributed by atoms with E-state index in [4.69, 9.17) is 0 Å². The summed E-state index contributed by atoms with van der Waals surface area (Å²) in [5.74, 6) is -0.0201. The number of rotatable bonds is 5. The Bertz CT molecular complexity index is 1740. The van der Waals surface area contributed by atoms with Crippen molar-refractivity contribution >= 4 is 44.9 Å². The lowest BCUT2D eigenvalue weighted by Crippen LogP contribution is -2.19. The van der Waals surface area contributed by atoms with Crippen LogP contribution < -0.4 is 5.32 Å². The third kappa shape index (κ3) is 4.63. The smallest absolute Gasteiger partial charge is 0.224 e. The number of nitrogens with one attached hydrogen (secondary N) is 3. The number of pyridine rings is 2. The molecule has 0 bridgehead atoms. The highest BCUT2D eigenvalue weighted by atomic mass is 32.1. The molecule has 8 heteroatoms. The fourth-order valence-electron chi connectivity index (χ4n) is 4.58. The maximum absolute atomic E-state index is 12.4. The van der Waals surface area contributed by atoms with Crippen LogP contribution in [0.4, 0.5) is 5.69 Å². The van der Waals surface area contributed by atoms with E-state index in [0.717, 1.165) is 50.0 Å². The molecule has 0 fully saturated rings. The Labute approximate surface area is 218 Å². The van der Waals surface area contributed by atoms with Crippen molar-refractivity contribution < 1.29 is 4.79 Å². The van der Waals surface area contributed by atoms with Crippen LogP contribution in [0.15, 0.2) is 71.8 Å². The van der Waals surface area contributed by atoms with Crippen LogP contribution in [0.2, 0.25) is 0 Å². The van der Waals surface area contributed by atoms with Gasteiger partial charge in [-0.05, 0) is 69.3 Å². The molecule has 0 atom stereocenters. The van der Waals surface area contributed by atoms with E-state index in [9.17, 15) is 4.79 Å². The van der Waals surface area contributed by atoms with Gasteiger partial charge in [-0.3, -0.25) is 14.9 Å². The highest BCUT2D eigenvalue weighted by Crippen LogP contribution is 2.35. The number of aromatic nitrogens is 5. The molecule has 37 heavy (non-hydrogen) atoms. The normalized spacial score (nSPS) is 11.9. The van der Waals surface area contributed by atoms with Crippen molar-refractivity contribution in [2.24, 2.45) is 5.41 Å². The Kier molecular flexibility index (Phi) is 5.61. The number of carbonyl (C=O) groups excluding carboxylic acids is 1. The number of H-pyrrole nitrogens is 2. The van der Waals surface area contributed by atoms with Gasteiger partial charge in [0.1, 0.15) is 11.3 Å². The number of benzene rings is 1. The molecule has 0 aliphatic heterocycles. The summed E-state index contributed by atoms with van der Waals surface area (Å²) in [6.45, 7) is 6.14. The Morgan fingerprint density at radius 1 is 1.00 bits per heavy atom. The van der Waals surface area contributed by atoms with E-state index in [1.54, 1.807) is 23.7 Å². The second-order valence-electron chi connectivity index (χ2n) is 10.4. The topological polar surface area (TPSA) is 99.3 Å². The van der Waals surface area contributed by atoms with Crippen molar-refractivity contribution in [2.75, 3.05) is 5.32 Å². The molecule has 1 aromatic carbocycles. The van der Waals surface area contributed by atoms with E-state index in [1.165, 1.54) is 5.56 Å². The van der Waals surface area contributed by atoms with Gasteiger partial charge in [0.05, 0.1) is 23.1 Å². The first kappa shape index (κ1) is 23.1. The molecule has 6 aromatic rings. The monoisotopic (exact) mass is 506 g/mol. The third-order valence-electron chi connectivity index (χ3n) is 6.23. The molecule has 0 aliphatic carbocycles. The molecule has 6 rings (SSSR count). The maximum Gasteiger partial charge on any atom is 0.224 e. The van der Waals surface area contributed by atoms with E-state index in [-0.39, 0.29) is 11.3 Å². The highest BCUT2D eigenvalue weighted by molar-refractivity contribution is 7.08. The number of amides is 1. The minimum atomic E-state index is -0.0829. The van der Waals surface area contributed by atoms with Crippen LogP contribution in [0.25, 0.3) is 55.6 Å². The molecule has 0 aliphatic rings. The summed E-state index contributed by atoms with van der Waals surface area (Å²) in [5, 5.41) is 17.0. The predicted octanol–water partition coefficient (Wildman–Crippen LogP) is 7.27. The predicted molar refractivity (Wildman–Crippen MR) is 150 cm³/mol. The molecule has 3 N–H and O–H groups in total. The number of hydrogen-bond acceptors (Lipinski definition) is 5. The van der Waals surface area contributed by atoms with Crippen LogP contribution in [0.1, 0.15) is 27.2 Å². The summed E-state index contributed by atoms with van der Waals surface area (Å²) in [5.41, 5.74) is 8.32. The molecule has 5 aromatic heterocycles. The molecule has 5 heterocycles. The lowest BCUT2D eigenvalue weighted by atomic mass is 9.92. The number of carbonyl (C=O) groups is 1. The van der Waals surface area contributed by atoms with Crippen molar-refractivity contribution in [3.8, 4) is 33.6 Å². The quantitative estimate of drug-likeness (QED) is 0.229. The zero-order valence-corrected chi connectivity index (χ0v) is 21.6. The van der Waals surface area contributed by atoms with E-state index in [1.807, 2.05) is 51.2 Å². The van der Waals surface area contributed by atoms with Crippen molar-refractivity contribution in [3.63, 3.8) is 0 Å². The summed E-state index contributed by atoms with van der Waals surface area (Å²) in [7, 11) is 0. The SMILES string of the molecule is CC(C)(C)CC(=O)Nc1cncc(-c2ccc3[nH]nc(-c4cc5c(-c6ccsc6)ccnc5[nH]4)c3c2)c1. The second kappa shape index (κ2) is 8.97. The lowest BCUT2D eigenvalue weighted by molar-refractivity contribution is -0.117. The van der Waals surface area contributed by atoms with Gasteiger partial charge < -0.3 is 10.3 Å². The molecule has 7 nitrogen and oxygen atoms in total. The molecule has 0 radical (unpaired) electrons. The van der Waals surface area contributed by atoms with Gasteiger partial charge in [-0.15, -0.1) is 0 Å². The molecular formula is C29H26N6OS. The maximum atomic E-state index is 12.4. The van der Waals surface area contributed by atoms with Crippen LogP contribution in [0, 0.1) is 5.41 Å². The Morgan fingerprint density at radius 2 is 1.89 bits per heavy atom. The molecule has 0 saturated carbocycles. The molecule has 0 spiro atoms. The average molecular weight is 507 g/mol. The van der Waals surface area contributed by atoms with Crippen LogP contribution in [-0.4, -0.2) is 31.1 Å². The van der Waals surface area contributed by atoms with Crippen LogP contribution in [0.5, 0.6) is 0 Å². The van der Waals surface area contributed by atoms with E-state index in [0.29, 0.717) is 12.1 Å². The van der Waals surface area contributed by atoms with Gasteiger partial charge in [-0.1, -0.05) is 26.8 Å². The van der Waals surface area contributed by atoms with Crippen molar-refractivity contribution in [1.29, 1.82) is 0 Å². The van der Waals surface area contributed by atoms with Crippen molar-refractivity contribution in [1.82, 2.24) is 25.1 Å². The molecule has 184 valence electrons. The average Bonchev–Trinajstić information content (AvgIpc) is 3.61. The van der Waals surface area contributed by atoms with Gasteiger partial charge in [-0.25, -0.2) is 4.98 Å². The number of anilines is 1. The Hall–Kier alpha value is -4.30. The largest absolute Gasteiger partial charge is 0.338 e. The zero-order valence-electron chi connectivity index (χ0n) is 20.8. The van der Waals surface area contributed by atoms with E-state index in [2.05, 4.69) is 59.4 Å². The fourth-order valence-corrected chi connectivity index (χ4v) is 5.23. The Balaban J connectivity index is 1.36. The first-order chi connectivity index (χ1) is 17.8. The third-order valence-corrected chi connectivity index (χ3v) is 6.91. The number of fused-ring (bicyclic) bond motifs is 2. The first-order valence-corrected chi connectivity index (χ1v) is 13.0. The molecule has 0 saturated heterocycles. The van der Waals surface area contributed by atoms with Crippen LogP contribution >= 0.6 is 11.3 Å². The lowest BCUT2D eigenvalue weighted by Gasteiger charge is -2.17. The molecule has 1 amide bonds. The van der Waals surface area contributed by atoms with Crippen LogP contribution in [-0.2, 0) is 4.79 Å². The standard InChI is InChI=1S/C29H26N6OS/c1-29(2,3)13-26(36)32-20-10-19(14-30-15-20)17-4-5-24-23(11-17)27(35-34-24)25-12-22-21(18-7-9-37-16-18)6-8-31-28(22)33-25/h4-12,14-16H,13H2,1-3H3,(H,31,33)(H,32,36)(H,34,35). The summed E-state index contributed by atoms with van der Waals surface area (Å²) in [6.07, 6.45) is 5.75. The van der Waals surface area contributed by atoms with Gasteiger partial charge in [0.25, 0.3) is 0 Å². The minimum absolute atomic E-state index is 0.0201. The van der Waals surface area contributed by atoms with E-state index >= 15 is 0 Å². The number of thiophene rings is 1. The van der Waals surface area contributed by atoms with Crippen LogP contribution in [0.3, 0.4) is 0 Å². The van der Waals surface area contributed by atoms with Crippen molar-refractivity contribution in [3.05, 3.63) is 71.8 Å². The van der Waals surface area contributed by atoms with E-state index < -0.39 is 0 Å². The van der Waals surface area contributed by atoms with Gasteiger partial charge in [0.15, 0.2) is 0 Å².